The molecule has 2 rings (SSSR count). The van der Waals surface area contributed by atoms with Crippen LogP contribution in [-0.4, -0.2) is 33.6 Å². The highest BCUT2D eigenvalue weighted by molar-refractivity contribution is 7.89. The minimum absolute atomic E-state index is 0. The van der Waals surface area contributed by atoms with E-state index >= 15 is 0 Å². The zero-order valence-corrected chi connectivity index (χ0v) is 14.9. The van der Waals surface area contributed by atoms with E-state index in [9.17, 15) is 13.2 Å². The first-order valence-electron chi connectivity index (χ1n) is 7.30. The molecular formula is C15H23ClN2O4S. The molecule has 6 nitrogen and oxygen atoms in total. The zero-order valence-electron chi connectivity index (χ0n) is 13.2. The van der Waals surface area contributed by atoms with Gasteiger partial charge in [0.15, 0.2) is 0 Å². The summed E-state index contributed by atoms with van der Waals surface area (Å²) >= 11 is 0. The van der Waals surface area contributed by atoms with Crippen LogP contribution in [0.3, 0.4) is 0 Å². The normalized spacial score (nSPS) is 21.3. The topological polar surface area (TPSA) is 98.5 Å². The van der Waals surface area contributed by atoms with Gasteiger partial charge in [0, 0.05) is 12.1 Å². The van der Waals surface area contributed by atoms with Crippen molar-refractivity contribution in [2.75, 3.05) is 7.11 Å². The molecular weight excluding hydrogens is 340 g/mol. The number of hydrogen-bond acceptors (Lipinski definition) is 5. The fraction of sp³-hybridized carbons (Fsp3) is 0.533. The van der Waals surface area contributed by atoms with Crippen LogP contribution in [-0.2, 0) is 14.8 Å². The summed E-state index contributed by atoms with van der Waals surface area (Å²) in [6.45, 7) is 1.69. The van der Waals surface area contributed by atoms with Crippen LogP contribution >= 0.6 is 12.4 Å². The smallest absolute Gasteiger partial charge is 0.338 e. The lowest BCUT2D eigenvalue weighted by Gasteiger charge is -2.26. The molecule has 0 radical (unpaired) electrons. The second-order valence-electron chi connectivity index (χ2n) is 5.70. The van der Waals surface area contributed by atoms with Crippen LogP contribution in [0.2, 0.25) is 0 Å². The van der Waals surface area contributed by atoms with Gasteiger partial charge in [-0.1, -0.05) is 0 Å². The zero-order chi connectivity index (χ0) is 16.3. The number of carbonyl (C=O) groups excluding carboxylic acids is 1. The summed E-state index contributed by atoms with van der Waals surface area (Å²) in [5, 5.41) is 0. The van der Waals surface area contributed by atoms with E-state index in [0.717, 1.165) is 25.7 Å². The largest absolute Gasteiger partial charge is 0.465 e. The molecule has 0 aliphatic heterocycles. The van der Waals surface area contributed by atoms with Gasteiger partial charge in [-0.15, -0.1) is 12.4 Å². The number of methoxy groups -OCH3 is 1. The number of ether oxygens (including phenoxy) is 1. The molecule has 0 spiro atoms. The molecule has 8 heteroatoms. The van der Waals surface area contributed by atoms with Crippen molar-refractivity contribution >= 4 is 28.4 Å². The van der Waals surface area contributed by atoms with E-state index in [1.807, 2.05) is 0 Å². The van der Waals surface area contributed by atoms with Crippen molar-refractivity contribution in [3.05, 3.63) is 29.3 Å². The highest BCUT2D eigenvalue weighted by Crippen LogP contribution is 2.21. The Balaban J connectivity index is 0.00000264. The van der Waals surface area contributed by atoms with Crippen molar-refractivity contribution < 1.29 is 17.9 Å². The lowest BCUT2D eigenvalue weighted by Crippen LogP contribution is -2.40. The van der Waals surface area contributed by atoms with Gasteiger partial charge >= 0.3 is 5.97 Å². The molecule has 130 valence electrons. The second kappa shape index (κ2) is 8.10. The van der Waals surface area contributed by atoms with Crippen LogP contribution in [0.1, 0.15) is 41.6 Å². The SMILES string of the molecule is COC(=O)c1ccc(S(=O)(=O)NC2CCC(N)CC2)cc1C.Cl. The van der Waals surface area contributed by atoms with Crippen molar-refractivity contribution in [2.45, 2.75) is 49.6 Å². The van der Waals surface area contributed by atoms with E-state index in [4.69, 9.17) is 5.73 Å². The average Bonchev–Trinajstić information content (AvgIpc) is 2.48. The van der Waals surface area contributed by atoms with E-state index in [1.165, 1.54) is 25.3 Å². The molecule has 23 heavy (non-hydrogen) atoms. The maximum Gasteiger partial charge on any atom is 0.338 e. The Kier molecular flexibility index (Phi) is 7.01. The molecule has 3 N–H and O–H groups in total. The van der Waals surface area contributed by atoms with E-state index in [0.29, 0.717) is 11.1 Å². The van der Waals surface area contributed by atoms with Gasteiger partial charge < -0.3 is 10.5 Å². The van der Waals surface area contributed by atoms with Crippen molar-refractivity contribution in [1.29, 1.82) is 0 Å². The van der Waals surface area contributed by atoms with Gasteiger partial charge in [-0.3, -0.25) is 0 Å². The molecule has 1 aliphatic rings. The Hall–Kier alpha value is -1.15. The van der Waals surface area contributed by atoms with Gasteiger partial charge in [-0.2, -0.15) is 0 Å². The standard InChI is InChI=1S/C15H22N2O4S.ClH/c1-10-9-13(7-8-14(10)15(18)21-2)22(19,20)17-12-5-3-11(16)4-6-12;/h7-9,11-12,17H,3-6,16H2,1-2H3;1H. The molecule has 0 amide bonds. The fourth-order valence-electron chi connectivity index (χ4n) is 2.67. The fourth-order valence-corrected chi connectivity index (χ4v) is 4.06. The molecule has 0 heterocycles. The number of aryl methyl sites for hydroxylation is 1. The van der Waals surface area contributed by atoms with Gasteiger partial charge in [0.25, 0.3) is 0 Å². The number of benzene rings is 1. The van der Waals surface area contributed by atoms with Crippen LogP contribution in [0, 0.1) is 6.92 Å². The first kappa shape index (κ1) is 19.9. The molecule has 0 aromatic heterocycles. The highest BCUT2D eigenvalue weighted by atomic mass is 35.5. The summed E-state index contributed by atoms with van der Waals surface area (Å²) in [6.07, 6.45) is 3.15. The van der Waals surface area contributed by atoms with Gasteiger partial charge in [-0.05, 0) is 56.4 Å². The molecule has 1 aliphatic carbocycles. The predicted molar refractivity (Wildman–Crippen MR) is 90.3 cm³/mol. The molecule has 0 atom stereocenters. The number of sulfonamides is 1. The van der Waals surface area contributed by atoms with E-state index < -0.39 is 16.0 Å². The van der Waals surface area contributed by atoms with Gasteiger partial charge in [-0.25, -0.2) is 17.9 Å². The van der Waals surface area contributed by atoms with Crippen molar-refractivity contribution in [1.82, 2.24) is 4.72 Å². The maximum atomic E-state index is 12.4. The summed E-state index contributed by atoms with van der Waals surface area (Å²) in [4.78, 5) is 11.7. The highest BCUT2D eigenvalue weighted by Gasteiger charge is 2.25. The van der Waals surface area contributed by atoms with Gasteiger partial charge in [0.2, 0.25) is 10.0 Å². The van der Waals surface area contributed by atoms with Crippen molar-refractivity contribution in [3.8, 4) is 0 Å². The first-order valence-corrected chi connectivity index (χ1v) is 8.78. The summed E-state index contributed by atoms with van der Waals surface area (Å²) in [6, 6.07) is 4.49. The number of rotatable bonds is 4. The van der Waals surface area contributed by atoms with Gasteiger partial charge in [0.1, 0.15) is 0 Å². The molecule has 0 unspecified atom stereocenters. The number of nitrogens with two attached hydrogens (primary N) is 1. The van der Waals surface area contributed by atoms with Crippen molar-refractivity contribution in [3.63, 3.8) is 0 Å². The van der Waals surface area contributed by atoms with Crippen LogP contribution in [0.15, 0.2) is 23.1 Å². The van der Waals surface area contributed by atoms with E-state index in [2.05, 4.69) is 9.46 Å². The molecule has 1 aromatic rings. The Morgan fingerprint density at radius 2 is 1.87 bits per heavy atom. The minimum Gasteiger partial charge on any atom is -0.465 e. The third-order valence-corrected chi connectivity index (χ3v) is 5.53. The van der Waals surface area contributed by atoms with Crippen LogP contribution in [0.5, 0.6) is 0 Å². The second-order valence-corrected chi connectivity index (χ2v) is 7.42. The summed E-state index contributed by atoms with van der Waals surface area (Å²) in [5.41, 5.74) is 6.76. The monoisotopic (exact) mass is 362 g/mol. The Bertz CT molecular complexity index is 655. The Morgan fingerprint density at radius 1 is 1.26 bits per heavy atom. The average molecular weight is 363 g/mol. The Morgan fingerprint density at radius 3 is 2.39 bits per heavy atom. The third-order valence-electron chi connectivity index (χ3n) is 4.01. The summed E-state index contributed by atoms with van der Waals surface area (Å²) < 4.78 is 32.2. The number of halogens is 1. The Labute approximate surface area is 143 Å². The van der Waals surface area contributed by atoms with Crippen molar-refractivity contribution in [2.24, 2.45) is 5.73 Å². The molecule has 1 aromatic carbocycles. The first-order chi connectivity index (χ1) is 10.3. The van der Waals surface area contributed by atoms with Crippen LogP contribution < -0.4 is 10.5 Å². The lowest BCUT2D eigenvalue weighted by molar-refractivity contribution is 0.0600. The molecule has 1 fully saturated rings. The quantitative estimate of drug-likeness (QED) is 0.795. The predicted octanol–water partition coefficient (Wildman–Crippen LogP) is 1.75. The number of nitrogens with one attached hydrogen (secondary N) is 1. The van der Waals surface area contributed by atoms with Crippen LogP contribution in [0.25, 0.3) is 0 Å². The third kappa shape index (κ3) is 4.91. The van der Waals surface area contributed by atoms with Crippen LogP contribution in [0.4, 0.5) is 0 Å². The number of carbonyl (C=O) groups is 1. The maximum absolute atomic E-state index is 12.4. The van der Waals surface area contributed by atoms with Gasteiger partial charge in [0.05, 0.1) is 17.6 Å². The number of hydrogen-bond donors (Lipinski definition) is 2. The molecule has 1 saturated carbocycles. The minimum atomic E-state index is -3.59. The molecule has 0 bridgehead atoms. The number of esters is 1. The summed E-state index contributed by atoms with van der Waals surface area (Å²) in [5.74, 6) is -0.476. The van der Waals surface area contributed by atoms with E-state index in [-0.39, 0.29) is 29.4 Å². The lowest BCUT2D eigenvalue weighted by atomic mass is 9.93. The van der Waals surface area contributed by atoms with E-state index in [1.54, 1.807) is 6.92 Å². The molecule has 0 saturated heterocycles. The summed E-state index contributed by atoms with van der Waals surface area (Å²) in [7, 11) is -2.30.